The third-order valence-electron chi connectivity index (χ3n) is 1.93. The van der Waals surface area contributed by atoms with Crippen LogP contribution >= 0.6 is 22.9 Å². The van der Waals surface area contributed by atoms with E-state index < -0.39 is 0 Å². The Balaban J connectivity index is 2.08. The second kappa shape index (κ2) is 5.22. The number of carbonyl (C=O) groups excluding carboxylic acids is 1. The minimum absolute atomic E-state index is 0.309. The molecule has 88 valence electrons. The molecule has 2 aromatic heterocycles. The maximum absolute atomic E-state index is 11.7. The van der Waals surface area contributed by atoms with Crippen molar-refractivity contribution in [1.29, 1.82) is 0 Å². The van der Waals surface area contributed by atoms with Crippen LogP contribution in [-0.4, -0.2) is 15.9 Å². The highest BCUT2D eigenvalue weighted by molar-refractivity contribution is 7.09. The van der Waals surface area contributed by atoms with E-state index in [1.54, 1.807) is 17.5 Å². The molecule has 2 aromatic rings. The summed E-state index contributed by atoms with van der Waals surface area (Å²) in [4.78, 5) is 19.8. The van der Waals surface area contributed by atoms with Gasteiger partial charge in [-0.2, -0.15) is 0 Å². The van der Waals surface area contributed by atoms with Crippen molar-refractivity contribution in [2.75, 3.05) is 5.32 Å². The summed E-state index contributed by atoms with van der Waals surface area (Å²) in [5, 5.41) is 5.51. The highest BCUT2D eigenvalue weighted by atomic mass is 35.5. The molecule has 0 spiro atoms. The molecule has 5 nitrogen and oxygen atoms in total. The van der Waals surface area contributed by atoms with Gasteiger partial charge in [-0.15, -0.1) is 11.3 Å². The van der Waals surface area contributed by atoms with Crippen LogP contribution in [0.25, 0.3) is 0 Å². The summed E-state index contributed by atoms with van der Waals surface area (Å²) in [6, 6.07) is 3.27. The summed E-state index contributed by atoms with van der Waals surface area (Å²) >= 11 is 7.04. The molecule has 3 N–H and O–H groups in total. The molecule has 0 radical (unpaired) electrons. The lowest BCUT2D eigenvalue weighted by Crippen LogP contribution is -2.13. The first-order chi connectivity index (χ1) is 8.19. The van der Waals surface area contributed by atoms with Gasteiger partial charge in [0.1, 0.15) is 16.5 Å². The van der Waals surface area contributed by atoms with E-state index in [0.29, 0.717) is 23.1 Å². The molecule has 7 heteroatoms. The SMILES string of the molecule is NCc1nc(C(=O)Nc2ccc(Cl)cn2)cs1. The zero-order valence-electron chi connectivity index (χ0n) is 8.68. The van der Waals surface area contributed by atoms with E-state index in [-0.39, 0.29) is 5.91 Å². The average Bonchev–Trinajstić information content (AvgIpc) is 2.81. The van der Waals surface area contributed by atoms with Crippen molar-refractivity contribution in [3.63, 3.8) is 0 Å². The van der Waals surface area contributed by atoms with Gasteiger partial charge in [-0.3, -0.25) is 4.79 Å². The molecule has 1 amide bonds. The summed E-state index contributed by atoms with van der Waals surface area (Å²) in [5.74, 6) is 0.123. The molecule has 0 bridgehead atoms. The molecule has 0 atom stereocenters. The number of nitrogens with two attached hydrogens (primary N) is 1. The second-order valence-corrected chi connectivity index (χ2v) is 4.53. The van der Waals surface area contributed by atoms with Crippen molar-refractivity contribution in [3.8, 4) is 0 Å². The largest absolute Gasteiger partial charge is 0.325 e. The zero-order chi connectivity index (χ0) is 12.3. The average molecular weight is 269 g/mol. The summed E-state index contributed by atoms with van der Waals surface area (Å²) in [6.07, 6.45) is 1.46. The van der Waals surface area contributed by atoms with Crippen LogP contribution in [0.3, 0.4) is 0 Å². The fourth-order valence-electron chi connectivity index (χ4n) is 1.14. The normalized spacial score (nSPS) is 10.2. The molecule has 0 saturated carbocycles. The summed E-state index contributed by atoms with van der Waals surface area (Å²) < 4.78 is 0. The third-order valence-corrected chi connectivity index (χ3v) is 3.02. The van der Waals surface area contributed by atoms with Crippen LogP contribution < -0.4 is 11.1 Å². The predicted octanol–water partition coefficient (Wildman–Crippen LogP) is 1.90. The number of hydrogen-bond donors (Lipinski definition) is 2. The molecule has 17 heavy (non-hydrogen) atoms. The van der Waals surface area contributed by atoms with Gasteiger partial charge in [0.2, 0.25) is 0 Å². The Labute approximate surface area is 107 Å². The Morgan fingerprint density at radius 2 is 2.35 bits per heavy atom. The van der Waals surface area contributed by atoms with Crippen LogP contribution in [0.1, 0.15) is 15.5 Å². The minimum Gasteiger partial charge on any atom is -0.325 e. The quantitative estimate of drug-likeness (QED) is 0.891. The number of pyridine rings is 1. The lowest BCUT2D eigenvalue weighted by Gasteiger charge is -2.01. The predicted molar refractivity (Wildman–Crippen MR) is 67.2 cm³/mol. The van der Waals surface area contributed by atoms with E-state index in [1.807, 2.05) is 0 Å². The van der Waals surface area contributed by atoms with Crippen LogP contribution in [0.15, 0.2) is 23.7 Å². The number of aromatic nitrogens is 2. The van der Waals surface area contributed by atoms with Gasteiger partial charge in [0.05, 0.1) is 5.02 Å². The molecule has 0 aromatic carbocycles. The number of amides is 1. The Morgan fingerprint density at radius 1 is 1.53 bits per heavy atom. The molecule has 0 aliphatic heterocycles. The number of thiazole rings is 1. The van der Waals surface area contributed by atoms with Gasteiger partial charge in [0.25, 0.3) is 5.91 Å². The van der Waals surface area contributed by atoms with Gasteiger partial charge in [0.15, 0.2) is 0 Å². The van der Waals surface area contributed by atoms with Crippen LogP contribution in [-0.2, 0) is 6.54 Å². The van der Waals surface area contributed by atoms with Crippen molar-refractivity contribution in [2.45, 2.75) is 6.54 Å². The molecule has 0 unspecified atom stereocenters. The van der Waals surface area contributed by atoms with E-state index in [2.05, 4.69) is 15.3 Å². The first kappa shape index (κ1) is 12.0. The van der Waals surface area contributed by atoms with E-state index in [9.17, 15) is 4.79 Å². The number of nitrogens with zero attached hydrogens (tertiary/aromatic N) is 2. The first-order valence-electron chi connectivity index (χ1n) is 4.76. The molecule has 0 aliphatic carbocycles. The molecule has 2 heterocycles. The van der Waals surface area contributed by atoms with Gasteiger partial charge in [-0.25, -0.2) is 9.97 Å². The maximum Gasteiger partial charge on any atom is 0.276 e. The number of carbonyl (C=O) groups is 1. The fourth-order valence-corrected chi connectivity index (χ4v) is 1.91. The van der Waals surface area contributed by atoms with E-state index in [1.165, 1.54) is 17.5 Å². The monoisotopic (exact) mass is 268 g/mol. The molecular weight excluding hydrogens is 260 g/mol. The molecule has 0 fully saturated rings. The van der Waals surface area contributed by atoms with Gasteiger partial charge in [-0.05, 0) is 12.1 Å². The van der Waals surface area contributed by atoms with Crippen LogP contribution in [0.5, 0.6) is 0 Å². The molecular formula is C10H9ClN4OS. The summed E-state index contributed by atoms with van der Waals surface area (Å²) in [7, 11) is 0. The van der Waals surface area contributed by atoms with Crippen LogP contribution in [0.4, 0.5) is 5.82 Å². The second-order valence-electron chi connectivity index (χ2n) is 3.15. The van der Waals surface area contributed by atoms with Crippen LogP contribution in [0.2, 0.25) is 5.02 Å². The molecule has 2 rings (SSSR count). The van der Waals surface area contributed by atoms with Gasteiger partial charge < -0.3 is 11.1 Å². The number of rotatable bonds is 3. The third kappa shape index (κ3) is 3.00. The number of halogens is 1. The number of hydrogen-bond acceptors (Lipinski definition) is 5. The van der Waals surface area contributed by atoms with E-state index >= 15 is 0 Å². The highest BCUT2D eigenvalue weighted by Crippen LogP contribution is 2.13. The Bertz CT molecular complexity index is 525. The van der Waals surface area contributed by atoms with Crippen molar-refractivity contribution < 1.29 is 4.79 Å². The van der Waals surface area contributed by atoms with E-state index in [0.717, 1.165) is 5.01 Å². The highest BCUT2D eigenvalue weighted by Gasteiger charge is 2.10. The zero-order valence-corrected chi connectivity index (χ0v) is 10.3. The van der Waals surface area contributed by atoms with Crippen molar-refractivity contribution in [2.24, 2.45) is 5.73 Å². The lowest BCUT2D eigenvalue weighted by molar-refractivity contribution is 0.102. The molecule has 0 saturated heterocycles. The standard InChI is InChI=1S/C10H9ClN4OS/c11-6-1-2-8(13-4-6)15-10(16)7-5-17-9(3-12)14-7/h1-2,4-5H,3,12H2,(H,13,15,16). The first-order valence-corrected chi connectivity index (χ1v) is 6.02. The summed E-state index contributed by atoms with van der Waals surface area (Å²) in [6.45, 7) is 0.330. The number of anilines is 1. The van der Waals surface area contributed by atoms with Crippen molar-refractivity contribution in [1.82, 2.24) is 9.97 Å². The topological polar surface area (TPSA) is 80.9 Å². The van der Waals surface area contributed by atoms with E-state index in [4.69, 9.17) is 17.3 Å². The Hall–Kier alpha value is -1.50. The van der Waals surface area contributed by atoms with Crippen LogP contribution in [0, 0.1) is 0 Å². The summed E-state index contributed by atoms with van der Waals surface area (Å²) in [5.41, 5.74) is 5.76. The lowest BCUT2D eigenvalue weighted by atomic mass is 10.4. The van der Waals surface area contributed by atoms with Gasteiger partial charge in [0, 0.05) is 18.1 Å². The minimum atomic E-state index is -0.309. The van der Waals surface area contributed by atoms with Gasteiger partial charge in [-0.1, -0.05) is 11.6 Å². The number of nitrogens with one attached hydrogen (secondary N) is 1. The van der Waals surface area contributed by atoms with Gasteiger partial charge >= 0.3 is 0 Å². The van der Waals surface area contributed by atoms with Crippen molar-refractivity contribution >= 4 is 34.7 Å². The maximum atomic E-state index is 11.7. The Kier molecular flexibility index (Phi) is 3.68. The Morgan fingerprint density at radius 3 is 2.94 bits per heavy atom. The molecule has 0 aliphatic rings. The smallest absolute Gasteiger partial charge is 0.276 e. The fraction of sp³-hybridized carbons (Fsp3) is 0.100. The van der Waals surface area contributed by atoms with Crippen molar-refractivity contribution in [3.05, 3.63) is 39.4 Å².